The molecule has 3 heterocycles. The van der Waals surface area contributed by atoms with Crippen LogP contribution in [0.3, 0.4) is 0 Å². The molecule has 15 heavy (non-hydrogen) atoms. The molecule has 0 saturated heterocycles. The van der Waals surface area contributed by atoms with Crippen molar-refractivity contribution in [1.29, 1.82) is 0 Å². The van der Waals surface area contributed by atoms with Gasteiger partial charge in [0.15, 0.2) is 5.82 Å². The molecule has 4 heteroatoms. The highest BCUT2D eigenvalue weighted by Crippen LogP contribution is 2.27. The summed E-state index contributed by atoms with van der Waals surface area (Å²) < 4.78 is 2.28. The lowest BCUT2D eigenvalue weighted by Gasteiger charge is -2.20. The molecule has 0 fully saturated rings. The van der Waals surface area contributed by atoms with E-state index in [1.54, 1.807) is 11.3 Å². The highest BCUT2D eigenvalue weighted by Gasteiger charge is 2.20. The summed E-state index contributed by atoms with van der Waals surface area (Å²) in [7, 11) is 0. The topological polar surface area (TPSA) is 30.7 Å². The van der Waals surface area contributed by atoms with Crippen molar-refractivity contribution >= 4 is 11.3 Å². The van der Waals surface area contributed by atoms with E-state index in [1.807, 2.05) is 0 Å². The van der Waals surface area contributed by atoms with Crippen LogP contribution in [0.4, 0.5) is 0 Å². The molecule has 0 saturated carbocycles. The van der Waals surface area contributed by atoms with Crippen molar-refractivity contribution in [1.82, 2.24) is 14.8 Å². The van der Waals surface area contributed by atoms with Crippen molar-refractivity contribution in [3.05, 3.63) is 23.3 Å². The molecular weight excluding hydrogens is 206 g/mol. The van der Waals surface area contributed by atoms with Crippen LogP contribution in [-0.4, -0.2) is 14.8 Å². The summed E-state index contributed by atoms with van der Waals surface area (Å²) >= 11 is 1.73. The van der Waals surface area contributed by atoms with Crippen molar-refractivity contribution in [3.63, 3.8) is 0 Å². The minimum Gasteiger partial charge on any atom is -0.310 e. The first kappa shape index (κ1) is 9.09. The Balaban J connectivity index is 2.07. The highest BCUT2D eigenvalue weighted by molar-refractivity contribution is 7.13. The highest BCUT2D eigenvalue weighted by atomic mass is 32.1. The van der Waals surface area contributed by atoms with Crippen LogP contribution in [0.2, 0.25) is 0 Å². The summed E-state index contributed by atoms with van der Waals surface area (Å²) in [6.45, 7) is 3.36. The van der Waals surface area contributed by atoms with E-state index in [4.69, 9.17) is 0 Å². The average Bonchev–Trinajstić information content (AvgIpc) is 2.83. The first-order valence-corrected chi connectivity index (χ1v) is 6.18. The Bertz CT molecular complexity index is 458. The number of nitrogens with zero attached hydrogens (tertiary/aromatic N) is 3. The number of aryl methyl sites for hydroxylation is 1. The van der Waals surface area contributed by atoms with Crippen molar-refractivity contribution < 1.29 is 0 Å². The Morgan fingerprint density at radius 3 is 3.20 bits per heavy atom. The van der Waals surface area contributed by atoms with Crippen molar-refractivity contribution in [3.8, 4) is 10.7 Å². The molecule has 2 aromatic heterocycles. The Labute approximate surface area is 92.8 Å². The van der Waals surface area contributed by atoms with Gasteiger partial charge < -0.3 is 4.57 Å². The van der Waals surface area contributed by atoms with Gasteiger partial charge in [-0.3, -0.25) is 0 Å². The molecular formula is C11H13N3S. The van der Waals surface area contributed by atoms with Crippen molar-refractivity contribution in [2.45, 2.75) is 26.3 Å². The van der Waals surface area contributed by atoms with Crippen LogP contribution in [0.1, 0.15) is 19.2 Å². The van der Waals surface area contributed by atoms with Gasteiger partial charge in [-0.05, 0) is 23.8 Å². The standard InChI is InChI=1S/C11H13N3S/c1-8-4-5-10-12-13-11(14(10)7-8)9-3-2-6-15-9/h2-3,6,8H,4-5,7H2,1H3. The maximum Gasteiger partial charge on any atom is 0.174 e. The first-order chi connectivity index (χ1) is 7.34. The second-order valence-corrected chi connectivity index (χ2v) is 5.12. The van der Waals surface area contributed by atoms with Crippen molar-refractivity contribution in [2.75, 3.05) is 0 Å². The number of fused-ring (bicyclic) bond motifs is 1. The maximum atomic E-state index is 4.30. The van der Waals surface area contributed by atoms with Crippen LogP contribution >= 0.6 is 11.3 Å². The van der Waals surface area contributed by atoms with Crippen LogP contribution in [0, 0.1) is 5.92 Å². The van der Waals surface area contributed by atoms with Gasteiger partial charge in [0.25, 0.3) is 0 Å². The minimum absolute atomic E-state index is 0.743. The van der Waals surface area contributed by atoms with E-state index in [0.29, 0.717) is 0 Å². The lowest BCUT2D eigenvalue weighted by atomic mass is 10.0. The van der Waals surface area contributed by atoms with E-state index in [1.165, 1.54) is 11.3 Å². The Hall–Kier alpha value is -1.16. The van der Waals surface area contributed by atoms with E-state index < -0.39 is 0 Å². The zero-order chi connectivity index (χ0) is 10.3. The largest absolute Gasteiger partial charge is 0.310 e. The predicted molar refractivity (Wildman–Crippen MR) is 60.8 cm³/mol. The number of hydrogen-bond donors (Lipinski definition) is 0. The van der Waals surface area contributed by atoms with Crippen LogP contribution < -0.4 is 0 Å². The van der Waals surface area contributed by atoms with Gasteiger partial charge in [0.2, 0.25) is 0 Å². The number of rotatable bonds is 1. The maximum absolute atomic E-state index is 4.30. The van der Waals surface area contributed by atoms with Crippen LogP contribution in [0.15, 0.2) is 17.5 Å². The number of hydrogen-bond acceptors (Lipinski definition) is 3. The van der Waals surface area contributed by atoms with Gasteiger partial charge in [0, 0.05) is 13.0 Å². The third-order valence-corrected chi connectivity index (χ3v) is 3.79. The fourth-order valence-electron chi connectivity index (χ4n) is 2.08. The smallest absolute Gasteiger partial charge is 0.174 e. The molecule has 78 valence electrons. The average molecular weight is 219 g/mol. The van der Waals surface area contributed by atoms with E-state index in [9.17, 15) is 0 Å². The molecule has 2 aromatic rings. The summed E-state index contributed by atoms with van der Waals surface area (Å²) in [6.07, 6.45) is 2.31. The third-order valence-electron chi connectivity index (χ3n) is 2.92. The summed E-state index contributed by atoms with van der Waals surface area (Å²) in [5, 5.41) is 10.7. The number of aromatic nitrogens is 3. The molecule has 1 aliphatic rings. The van der Waals surface area contributed by atoms with E-state index in [2.05, 4.69) is 39.2 Å². The van der Waals surface area contributed by atoms with E-state index in [0.717, 1.165) is 30.5 Å². The van der Waals surface area contributed by atoms with Gasteiger partial charge >= 0.3 is 0 Å². The summed E-state index contributed by atoms with van der Waals surface area (Å²) in [4.78, 5) is 1.22. The van der Waals surface area contributed by atoms with Gasteiger partial charge in [-0.1, -0.05) is 13.0 Å². The van der Waals surface area contributed by atoms with Gasteiger partial charge in [-0.15, -0.1) is 21.5 Å². The molecule has 0 aliphatic carbocycles. The van der Waals surface area contributed by atoms with Gasteiger partial charge in [-0.25, -0.2) is 0 Å². The van der Waals surface area contributed by atoms with Gasteiger partial charge in [0.05, 0.1) is 4.88 Å². The molecule has 0 N–H and O–H groups in total. The fourth-order valence-corrected chi connectivity index (χ4v) is 2.80. The fraction of sp³-hybridized carbons (Fsp3) is 0.455. The second kappa shape index (κ2) is 3.45. The molecule has 1 atom stereocenters. The zero-order valence-corrected chi connectivity index (χ0v) is 9.50. The van der Waals surface area contributed by atoms with Crippen LogP contribution in [0.25, 0.3) is 10.7 Å². The third kappa shape index (κ3) is 1.49. The number of thiophene rings is 1. The molecule has 0 spiro atoms. The second-order valence-electron chi connectivity index (χ2n) is 4.17. The monoisotopic (exact) mass is 219 g/mol. The minimum atomic E-state index is 0.743. The van der Waals surface area contributed by atoms with Gasteiger partial charge in [0.1, 0.15) is 5.82 Å². The Kier molecular flexibility index (Phi) is 2.09. The molecule has 0 radical (unpaired) electrons. The summed E-state index contributed by atoms with van der Waals surface area (Å²) in [6, 6.07) is 4.18. The lowest BCUT2D eigenvalue weighted by Crippen LogP contribution is -2.18. The predicted octanol–water partition coefficient (Wildman–Crippen LogP) is 2.59. The van der Waals surface area contributed by atoms with E-state index >= 15 is 0 Å². The quantitative estimate of drug-likeness (QED) is 0.738. The summed E-state index contributed by atoms with van der Waals surface area (Å²) in [5.41, 5.74) is 0. The SMILES string of the molecule is CC1CCc2nnc(-c3cccs3)n2C1. The molecule has 3 rings (SSSR count). The normalized spacial score (nSPS) is 20.2. The molecule has 0 aromatic carbocycles. The molecule has 0 amide bonds. The molecule has 0 bridgehead atoms. The lowest BCUT2D eigenvalue weighted by molar-refractivity contribution is 0.396. The molecule has 1 unspecified atom stereocenters. The van der Waals surface area contributed by atoms with E-state index in [-0.39, 0.29) is 0 Å². The first-order valence-electron chi connectivity index (χ1n) is 5.30. The van der Waals surface area contributed by atoms with Crippen molar-refractivity contribution in [2.24, 2.45) is 5.92 Å². The summed E-state index contributed by atoms with van der Waals surface area (Å²) in [5.74, 6) is 2.94. The Morgan fingerprint density at radius 1 is 1.47 bits per heavy atom. The zero-order valence-electron chi connectivity index (χ0n) is 8.68. The Morgan fingerprint density at radius 2 is 2.40 bits per heavy atom. The van der Waals surface area contributed by atoms with Gasteiger partial charge in [-0.2, -0.15) is 0 Å². The molecule has 3 nitrogen and oxygen atoms in total. The van der Waals surface area contributed by atoms with Crippen LogP contribution in [-0.2, 0) is 13.0 Å². The molecule has 1 aliphatic heterocycles. The van der Waals surface area contributed by atoms with Crippen LogP contribution in [0.5, 0.6) is 0 Å².